The molecule has 3 nitrogen and oxygen atoms in total. The molecule has 0 unspecified atom stereocenters. The minimum atomic E-state index is -4.51. The van der Waals surface area contributed by atoms with Gasteiger partial charge in [0, 0.05) is 6.07 Å². The van der Waals surface area contributed by atoms with Crippen LogP contribution in [0.3, 0.4) is 0 Å². The molecule has 2 rings (SSSR count). The average molecular weight is 285 g/mol. The van der Waals surface area contributed by atoms with E-state index < -0.39 is 28.2 Å². The molecule has 2 aromatic rings. The number of alkyl halides is 3. The van der Waals surface area contributed by atoms with Gasteiger partial charge in [0.2, 0.25) is 0 Å². The van der Waals surface area contributed by atoms with Gasteiger partial charge in [-0.15, -0.1) is 0 Å². The molecule has 0 N–H and O–H groups in total. The van der Waals surface area contributed by atoms with Crippen LogP contribution in [0.15, 0.2) is 42.5 Å². The largest absolute Gasteiger partial charge is 0.416 e. The maximum absolute atomic E-state index is 13.7. The van der Waals surface area contributed by atoms with E-state index in [2.05, 4.69) is 0 Å². The van der Waals surface area contributed by atoms with E-state index in [0.717, 1.165) is 36.4 Å². The van der Waals surface area contributed by atoms with Gasteiger partial charge in [-0.2, -0.15) is 13.2 Å². The summed E-state index contributed by atoms with van der Waals surface area (Å²) in [6.07, 6.45) is -4.51. The molecule has 0 spiro atoms. The van der Waals surface area contributed by atoms with E-state index in [-0.39, 0.29) is 11.1 Å². The van der Waals surface area contributed by atoms with E-state index in [0.29, 0.717) is 0 Å². The fourth-order valence-corrected chi connectivity index (χ4v) is 1.78. The molecule has 20 heavy (non-hydrogen) atoms. The van der Waals surface area contributed by atoms with Crippen LogP contribution < -0.4 is 0 Å². The summed E-state index contributed by atoms with van der Waals surface area (Å²) in [6, 6.07) is 6.80. The molecule has 0 heterocycles. The molecular weight excluding hydrogens is 278 g/mol. The highest BCUT2D eigenvalue weighted by molar-refractivity contribution is 5.74. The molecule has 0 aliphatic carbocycles. The summed E-state index contributed by atoms with van der Waals surface area (Å²) in [7, 11) is 0. The molecule has 7 heteroatoms. The van der Waals surface area contributed by atoms with E-state index in [4.69, 9.17) is 0 Å². The summed E-state index contributed by atoms with van der Waals surface area (Å²) in [5, 5.41) is 10.8. The molecule has 0 atom stereocenters. The number of rotatable bonds is 2. The van der Waals surface area contributed by atoms with Gasteiger partial charge in [-0.1, -0.05) is 18.2 Å². The fraction of sp³-hybridized carbons (Fsp3) is 0.0769. The summed E-state index contributed by atoms with van der Waals surface area (Å²) in [5.41, 5.74) is -1.71. The number of nitrogens with zero attached hydrogens (tertiary/aromatic N) is 1. The molecule has 104 valence electrons. The molecule has 0 bridgehead atoms. The molecular formula is C13H7F4NO2. The SMILES string of the molecule is O=[N+]([O-])c1cccc(F)c1-c1ccc(C(F)(F)F)cc1. The monoisotopic (exact) mass is 285 g/mol. The van der Waals surface area contributed by atoms with Crippen LogP contribution in [0.25, 0.3) is 11.1 Å². The normalized spacial score (nSPS) is 11.4. The summed E-state index contributed by atoms with van der Waals surface area (Å²) in [6.45, 7) is 0. The van der Waals surface area contributed by atoms with Crippen molar-refractivity contribution in [2.45, 2.75) is 6.18 Å². The topological polar surface area (TPSA) is 43.1 Å². The number of nitro benzene ring substituents is 1. The Hall–Kier alpha value is -2.44. The van der Waals surface area contributed by atoms with Crippen LogP contribution in [-0.2, 0) is 6.18 Å². The Bertz CT molecular complexity index is 650. The van der Waals surface area contributed by atoms with Crippen molar-refractivity contribution in [3.63, 3.8) is 0 Å². The maximum Gasteiger partial charge on any atom is 0.416 e. The molecule has 0 aliphatic heterocycles. The van der Waals surface area contributed by atoms with Crippen LogP contribution in [-0.4, -0.2) is 4.92 Å². The zero-order valence-electron chi connectivity index (χ0n) is 9.82. The second-order valence-electron chi connectivity index (χ2n) is 3.97. The summed E-state index contributed by atoms with van der Waals surface area (Å²) in [5.74, 6) is -0.862. The van der Waals surface area contributed by atoms with Gasteiger partial charge in [-0.25, -0.2) is 4.39 Å². The molecule has 0 aliphatic rings. The summed E-state index contributed by atoms with van der Waals surface area (Å²) >= 11 is 0. The first-order valence-corrected chi connectivity index (χ1v) is 5.41. The quantitative estimate of drug-likeness (QED) is 0.465. The molecule has 2 aromatic carbocycles. The minimum Gasteiger partial charge on any atom is -0.258 e. The van der Waals surface area contributed by atoms with E-state index >= 15 is 0 Å². The number of halogens is 4. The van der Waals surface area contributed by atoms with Crippen LogP contribution >= 0.6 is 0 Å². The third kappa shape index (κ3) is 2.61. The average Bonchev–Trinajstić information content (AvgIpc) is 2.37. The van der Waals surface area contributed by atoms with Crippen LogP contribution in [0.1, 0.15) is 5.56 Å². The van der Waals surface area contributed by atoms with Crippen LogP contribution in [0.5, 0.6) is 0 Å². The van der Waals surface area contributed by atoms with E-state index in [1.54, 1.807) is 0 Å². The minimum absolute atomic E-state index is 0.0165. The van der Waals surface area contributed by atoms with Crippen molar-refractivity contribution in [2.75, 3.05) is 0 Å². The smallest absolute Gasteiger partial charge is 0.258 e. The van der Waals surface area contributed by atoms with Gasteiger partial charge < -0.3 is 0 Å². The van der Waals surface area contributed by atoms with Gasteiger partial charge >= 0.3 is 6.18 Å². The number of hydrogen-bond acceptors (Lipinski definition) is 2. The van der Waals surface area contributed by atoms with Gasteiger partial charge in [0.15, 0.2) is 0 Å². The Morgan fingerprint density at radius 3 is 2.10 bits per heavy atom. The highest BCUT2D eigenvalue weighted by Gasteiger charge is 2.30. The van der Waals surface area contributed by atoms with Crippen molar-refractivity contribution in [1.82, 2.24) is 0 Å². The lowest BCUT2D eigenvalue weighted by molar-refractivity contribution is -0.384. The number of hydrogen-bond donors (Lipinski definition) is 0. The van der Waals surface area contributed by atoms with Gasteiger partial charge in [0.25, 0.3) is 5.69 Å². The number of nitro groups is 1. The Morgan fingerprint density at radius 1 is 1.00 bits per heavy atom. The Kier molecular flexibility index (Phi) is 3.44. The first-order chi connectivity index (χ1) is 9.30. The van der Waals surface area contributed by atoms with Crippen molar-refractivity contribution >= 4 is 5.69 Å². The van der Waals surface area contributed by atoms with Gasteiger partial charge in [0.05, 0.1) is 16.1 Å². The Morgan fingerprint density at radius 2 is 1.60 bits per heavy atom. The second kappa shape index (κ2) is 4.92. The molecule has 0 aromatic heterocycles. The standard InChI is InChI=1S/C13H7F4NO2/c14-10-2-1-3-11(18(19)20)12(10)8-4-6-9(7-5-8)13(15,16)17/h1-7H. The van der Waals surface area contributed by atoms with Crippen LogP contribution in [0.2, 0.25) is 0 Å². The lowest BCUT2D eigenvalue weighted by atomic mass is 10.0. The Balaban J connectivity index is 2.55. The molecule has 0 saturated carbocycles. The zero-order chi connectivity index (χ0) is 14.9. The predicted octanol–water partition coefficient (Wildman–Crippen LogP) is 4.42. The summed E-state index contributed by atoms with van der Waals surface area (Å²) < 4.78 is 51.0. The van der Waals surface area contributed by atoms with E-state index in [9.17, 15) is 27.7 Å². The predicted molar refractivity (Wildman–Crippen MR) is 63.5 cm³/mol. The second-order valence-corrected chi connectivity index (χ2v) is 3.97. The zero-order valence-corrected chi connectivity index (χ0v) is 9.82. The molecule has 0 radical (unpaired) electrons. The van der Waals surface area contributed by atoms with Gasteiger partial charge in [-0.3, -0.25) is 10.1 Å². The van der Waals surface area contributed by atoms with Crippen LogP contribution in [0, 0.1) is 15.9 Å². The van der Waals surface area contributed by atoms with E-state index in [1.807, 2.05) is 0 Å². The van der Waals surface area contributed by atoms with Crippen molar-refractivity contribution in [1.29, 1.82) is 0 Å². The van der Waals surface area contributed by atoms with Crippen LogP contribution in [0.4, 0.5) is 23.2 Å². The van der Waals surface area contributed by atoms with Gasteiger partial charge in [0.1, 0.15) is 5.82 Å². The van der Waals surface area contributed by atoms with Crippen molar-refractivity contribution in [3.8, 4) is 11.1 Å². The Labute approximate surface area is 110 Å². The molecule has 0 amide bonds. The molecule has 0 fully saturated rings. The first kappa shape index (κ1) is 14.0. The highest BCUT2D eigenvalue weighted by Crippen LogP contribution is 2.35. The van der Waals surface area contributed by atoms with E-state index in [1.165, 1.54) is 6.07 Å². The molecule has 0 saturated heterocycles. The lowest BCUT2D eigenvalue weighted by Gasteiger charge is -2.08. The third-order valence-corrected chi connectivity index (χ3v) is 2.69. The van der Waals surface area contributed by atoms with Crippen molar-refractivity contribution in [3.05, 3.63) is 64.0 Å². The van der Waals surface area contributed by atoms with Crippen molar-refractivity contribution < 1.29 is 22.5 Å². The number of benzene rings is 2. The fourth-order valence-electron chi connectivity index (χ4n) is 1.78. The maximum atomic E-state index is 13.7. The summed E-state index contributed by atoms with van der Waals surface area (Å²) in [4.78, 5) is 10.1. The van der Waals surface area contributed by atoms with Crippen molar-refractivity contribution in [2.24, 2.45) is 0 Å². The highest BCUT2D eigenvalue weighted by atomic mass is 19.4. The first-order valence-electron chi connectivity index (χ1n) is 5.41. The third-order valence-electron chi connectivity index (χ3n) is 2.69. The van der Waals surface area contributed by atoms with Gasteiger partial charge in [-0.05, 0) is 23.8 Å². The lowest BCUT2D eigenvalue weighted by Crippen LogP contribution is -2.04.